The lowest BCUT2D eigenvalue weighted by Crippen LogP contribution is -2.47. The fourth-order valence-corrected chi connectivity index (χ4v) is 7.99. The number of nitrogens with one attached hydrogen (secondary N) is 2. The summed E-state index contributed by atoms with van der Waals surface area (Å²) in [5.41, 5.74) is 2.71. The van der Waals surface area contributed by atoms with Gasteiger partial charge in [0, 0.05) is 72.3 Å². The third-order valence-electron chi connectivity index (χ3n) is 9.12. The predicted octanol–water partition coefficient (Wildman–Crippen LogP) is 7.31. The Bertz CT molecular complexity index is 2200. The number of hydrogen-bond donors (Lipinski definition) is 3. The summed E-state index contributed by atoms with van der Waals surface area (Å²) in [5.74, 6) is -0.427. The first-order valence-electron chi connectivity index (χ1n) is 16.9. The Balaban J connectivity index is 1.02. The number of anilines is 2. The minimum Gasteiger partial charge on any atom is -0.508 e. The molecule has 0 aliphatic carbocycles. The van der Waals surface area contributed by atoms with Gasteiger partial charge in [0.05, 0.1) is 9.82 Å². The van der Waals surface area contributed by atoms with Gasteiger partial charge in [-0.3, -0.25) is 19.8 Å². The van der Waals surface area contributed by atoms with E-state index in [0.717, 1.165) is 22.2 Å². The molecule has 5 aromatic carbocycles. The van der Waals surface area contributed by atoms with Crippen molar-refractivity contribution in [1.82, 2.24) is 9.62 Å². The molecule has 5 aromatic rings. The van der Waals surface area contributed by atoms with Crippen LogP contribution in [-0.2, 0) is 10.0 Å². The molecule has 1 fully saturated rings. The Morgan fingerprint density at radius 2 is 1.62 bits per heavy atom. The molecule has 11 nitrogen and oxygen atoms in total. The number of piperazine rings is 1. The van der Waals surface area contributed by atoms with Crippen molar-refractivity contribution >= 4 is 44.8 Å². The van der Waals surface area contributed by atoms with E-state index in [4.69, 9.17) is 0 Å². The molecule has 1 aliphatic rings. The number of amides is 1. The van der Waals surface area contributed by atoms with E-state index in [2.05, 4.69) is 15.1 Å². The van der Waals surface area contributed by atoms with Crippen LogP contribution in [0.15, 0.2) is 125 Å². The zero-order chi connectivity index (χ0) is 37.5. The molecule has 0 aromatic heterocycles. The lowest BCUT2D eigenvalue weighted by atomic mass is 9.99. The average Bonchev–Trinajstić information content (AvgIpc) is 3.16. The lowest BCUT2D eigenvalue weighted by Gasteiger charge is -2.39. The van der Waals surface area contributed by atoms with E-state index >= 15 is 4.39 Å². The summed E-state index contributed by atoms with van der Waals surface area (Å²) < 4.78 is 43.5. The third-order valence-corrected chi connectivity index (χ3v) is 11.5. The van der Waals surface area contributed by atoms with Crippen molar-refractivity contribution in [2.75, 3.05) is 48.7 Å². The quantitative estimate of drug-likeness (QED) is 0.0484. The summed E-state index contributed by atoms with van der Waals surface area (Å²) in [6.45, 7) is 5.03. The summed E-state index contributed by atoms with van der Waals surface area (Å²) >= 11 is 1.58. The fourth-order valence-electron chi connectivity index (χ4n) is 6.21. The van der Waals surface area contributed by atoms with Gasteiger partial charge in [0.15, 0.2) is 0 Å². The lowest BCUT2D eigenvalue weighted by molar-refractivity contribution is -0.384. The number of halogens is 1. The Morgan fingerprint density at radius 3 is 2.30 bits per heavy atom. The first-order valence-corrected chi connectivity index (χ1v) is 19.4. The molecule has 0 radical (unpaired) electrons. The molecule has 14 heteroatoms. The number of nitro benzene ring substituents is 1. The largest absolute Gasteiger partial charge is 0.508 e. The molecule has 0 saturated carbocycles. The van der Waals surface area contributed by atoms with Crippen LogP contribution in [0.2, 0.25) is 0 Å². The molecular formula is C39H38FN5O6S2. The van der Waals surface area contributed by atoms with Gasteiger partial charge in [0.25, 0.3) is 21.6 Å². The molecule has 6 rings (SSSR count). The highest BCUT2D eigenvalue weighted by molar-refractivity contribution is 7.99. The molecular weight excluding hydrogens is 718 g/mol. The SMILES string of the molecule is CC(c1ccc(-c2cccc(O)c2)cc1F)N1CCN(c2ccc(C(=O)NS(=O)(=O)c3ccc(NCCSc4ccccc4)c([N+](=O)[O-])c3)cc2)CC1. The van der Waals surface area contributed by atoms with Crippen LogP contribution in [0.25, 0.3) is 11.1 Å². The zero-order valence-corrected chi connectivity index (χ0v) is 30.4. The normalized spacial score (nSPS) is 14.0. The minimum absolute atomic E-state index is 0.109. The molecule has 1 amide bonds. The Hall–Kier alpha value is -5.44. The van der Waals surface area contributed by atoms with Crippen molar-refractivity contribution in [1.29, 1.82) is 0 Å². The van der Waals surface area contributed by atoms with Crippen molar-refractivity contribution in [2.45, 2.75) is 22.8 Å². The third kappa shape index (κ3) is 9.14. The van der Waals surface area contributed by atoms with Gasteiger partial charge in [0.1, 0.15) is 17.3 Å². The fraction of sp³-hybridized carbons (Fsp3) is 0.205. The van der Waals surface area contributed by atoms with Gasteiger partial charge < -0.3 is 15.3 Å². The summed E-state index contributed by atoms with van der Waals surface area (Å²) in [6.07, 6.45) is 0. The summed E-state index contributed by atoms with van der Waals surface area (Å²) in [6, 6.07) is 31.4. The van der Waals surface area contributed by atoms with Crippen LogP contribution in [0.4, 0.5) is 21.5 Å². The van der Waals surface area contributed by atoms with E-state index in [1.54, 1.807) is 48.2 Å². The first-order chi connectivity index (χ1) is 25.5. The van der Waals surface area contributed by atoms with Crippen LogP contribution in [-0.4, -0.2) is 67.7 Å². The molecule has 1 saturated heterocycles. The van der Waals surface area contributed by atoms with Crippen LogP contribution < -0.4 is 14.9 Å². The minimum atomic E-state index is -4.42. The number of thioether (sulfide) groups is 1. The van der Waals surface area contributed by atoms with Crippen LogP contribution >= 0.6 is 11.8 Å². The van der Waals surface area contributed by atoms with Crippen LogP contribution in [0.5, 0.6) is 5.75 Å². The molecule has 1 atom stereocenters. The average molecular weight is 756 g/mol. The topological polar surface area (TPSA) is 145 Å². The number of carbonyl (C=O) groups excluding carboxylic acids is 1. The standard InChI is InChI=1S/C39H38FN5O6S2/c1-27(35-16-12-30(25-36(35)40)29-6-5-7-32(46)24-29)43-19-21-44(22-20-43)31-13-10-28(11-14-31)39(47)42-53(50,51)34-15-17-37(38(26-34)45(48)49)41-18-23-52-33-8-3-2-4-9-33/h2-17,24-27,41,46H,18-23H2,1H3,(H,42,47). The van der Waals surface area contributed by atoms with E-state index in [-0.39, 0.29) is 28.9 Å². The van der Waals surface area contributed by atoms with Gasteiger partial charge in [0.2, 0.25) is 0 Å². The monoisotopic (exact) mass is 755 g/mol. The summed E-state index contributed by atoms with van der Waals surface area (Å²) in [4.78, 5) is 29.1. The van der Waals surface area contributed by atoms with Gasteiger partial charge in [-0.2, -0.15) is 0 Å². The highest BCUT2D eigenvalue weighted by Crippen LogP contribution is 2.31. The number of nitro groups is 1. The Morgan fingerprint density at radius 1 is 0.906 bits per heavy atom. The number of carbonyl (C=O) groups is 1. The molecule has 274 valence electrons. The number of phenols is 1. The van der Waals surface area contributed by atoms with Crippen LogP contribution in [0, 0.1) is 15.9 Å². The number of hydrogen-bond acceptors (Lipinski definition) is 10. The molecule has 1 unspecified atom stereocenters. The number of rotatable bonds is 13. The van der Waals surface area contributed by atoms with E-state index in [0.29, 0.717) is 49.6 Å². The maximum atomic E-state index is 15.2. The molecule has 3 N–H and O–H groups in total. The Labute approximate surface area is 311 Å². The van der Waals surface area contributed by atoms with Crippen molar-refractivity contribution in [3.63, 3.8) is 0 Å². The Kier molecular flexibility index (Phi) is 11.6. The maximum absolute atomic E-state index is 15.2. The van der Waals surface area contributed by atoms with E-state index < -0.39 is 31.4 Å². The van der Waals surface area contributed by atoms with Crippen molar-refractivity contribution in [3.8, 4) is 16.9 Å². The second-order valence-electron chi connectivity index (χ2n) is 12.5. The highest BCUT2D eigenvalue weighted by Gasteiger charge is 2.26. The summed E-state index contributed by atoms with van der Waals surface area (Å²) in [7, 11) is -4.42. The maximum Gasteiger partial charge on any atom is 0.293 e. The number of nitrogens with zero attached hydrogens (tertiary/aromatic N) is 3. The predicted molar refractivity (Wildman–Crippen MR) is 206 cm³/mol. The second kappa shape index (κ2) is 16.5. The second-order valence-corrected chi connectivity index (χ2v) is 15.3. The van der Waals surface area contributed by atoms with E-state index in [9.17, 15) is 28.4 Å². The number of benzene rings is 5. The molecule has 0 spiro atoms. The van der Waals surface area contributed by atoms with Gasteiger partial charge >= 0.3 is 0 Å². The molecule has 0 bridgehead atoms. The van der Waals surface area contributed by atoms with E-state index in [1.165, 1.54) is 30.3 Å². The smallest absolute Gasteiger partial charge is 0.293 e. The van der Waals surface area contributed by atoms with Gasteiger partial charge in [-0.1, -0.05) is 42.5 Å². The molecule has 53 heavy (non-hydrogen) atoms. The van der Waals surface area contributed by atoms with Crippen molar-refractivity contribution in [2.24, 2.45) is 0 Å². The van der Waals surface area contributed by atoms with Gasteiger partial charge in [-0.15, -0.1) is 11.8 Å². The van der Waals surface area contributed by atoms with Crippen LogP contribution in [0.3, 0.4) is 0 Å². The zero-order valence-electron chi connectivity index (χ0n) is 28.8. The number of aromatic hydroxyl groups is 1. The first kappa shape index (κ1) is 37.3. The highest BCUT2D eigenvalue weighted by atomic mass is 32.2. The number of phenolic OH excluding ortho intramolecular Hbond substituents is 1. The summed E-state index contributed by atoms with van der Waals surface area (Å²) in [5, 5.41) is 24.6. The van der Waals surface area contributed by atoms with Gasteiger partial charge in [-0.05, 0) is 84.8 Å². The van der Waals surface area contributed by atoms with E-state index in [1.807, 2.05) is 54.1 Å². The van der Waals surface area contributed by atoms with Crippen molar-refractivity contribution in [3.05, 3.63) is 142 Å². The van der Waals surface area contributed by atoms with Crippen molar-refractivity contribution < 1.29 is 27.6 Å². The molecule has 1 heterocycles. The number of sulfonamides is 1. The van der Waals surface area contributed by atoms with Gasteiger partial charge in [-0.25, -0.2) is 17.5 Å². The molecule has 1 aliphatic heterocycles. The van der Waals surface area contributed by atoms with Crippen LogP contribution in [0.1, 0.15) is 28.9 Å².